The molecule has 0 bridgehead atoms. The van der Waals surface area contributed by atoms with Crippen molar-refractivity contribution in [3.63, 3.8) is 0 Å². The number of hydrazone groups is 1. The Kier molecular flexibility index (Phi) is 5.39. The third-order valence-electron chi connectivity index (χ3n) is 3.32. The lowest BCUT2D eigenvalue weighted by Gasteiger charge is -2.19. The van der Waals surface area contributed by atoms with E-state index in [1.807, 2.05) is 45.2 Å². The zero-order valence-corrected chi connectivity index (χ0v) is 13.7. The van der Waals surface area contributed by atoms with Crippen LogP contribution in [0.4, 0.5) is 15.8 Å². The van der Waals surface area contributed by atoms with Crippen molar-refractivity contribution in [1.29, 1.82) is 0 Å². The van der Waals surface area contributed by atoms with Gasteiger partial charge in [0.2, 0.25) is 0 Å². The molecule has 0 saturated carbocycles. The maximum absolute atomic E-state index is 13.4. The van der Waals surface area contributed by atoms with Gasteiger partial charge in [0, 0.05) is 29.9 Å². The Hall–Kier alpha value is -2.07. The first-order valence-corrected chi connectivity index (χ1v) is 7.49. The summed E-state index contributed by atoms with van der Waals surface area (Å²) in [5, 5.41) is 10.1. The standard InChI is InChI=1S/C17H19ClFN3/c1-4-22(15-7-5-6-14(19)11-15)21-12(2)16-10-13(18)8-9-17(16)20-3/h5-11,20H,4H2,1-3H3/b21-12+. The third kappa shape index (κ3) is 3.77. The van der Waals surface area contributed by atoms with Gasteiger partial charge in [0.05, 0.1) is 11.4 Å². The van der Waals surface area contributed by atoms with E-state index in [-0.39, 0.29) is 5.82 Å². The van der Waals surface area contributed by atoms with E-state index in [2.05, 4.69) is 10.4 Å². The maximum Gasteiger partial charge on any atom is 0.125 e. The number of nitrogens with zero attached hydrogens (tertiary/aromatic N) is 2. The van der Waals surface area contributed by atoms with Crippen molar-refractivity contribution < 1.29 is 4.39 Å². The van der Waals surface area contributed by atoms with E-state index in [0.29, 0.717) is 11.6 Å². The molecule has 0 aliphatic heterocycles. The second kappa shape index (κ2) is 7.27. The largest absolute Gasteiger partial charge is 0.388 e. The van der Waals surface area contributed by atoms with Gasteiger partial charge < -0.3 is 5.32 Å². The molecule has 0 spiro atoms. The number of hydrogen-bond donors (Lipinski definition) is 1. The van der Waals surface area contributed by atoms with E-state index in [0.717, 1.165) is 22.6 Å². The average Bonchev–Trinajstić information content (AvgIpc) is 2.52. The van der Waals surface area contributed by atoms with E-state index in [1.54, 1.807) is 11.1 Å². The van der Waals surface area contributed by atoms with Crippen LogP contribution in [0.2, 0.25) is 5.02 Å². The predicted molar refractivity (Wildman–Crippen MR) is 92.6 cm³/mol. The van der Waals surface area contributed by atoms with Crippen molar-refractivity contribution in [3.8, 4) is 0 Å². The summed E-state index contributed by atoms with van der Waals surface area (Å²) < 4.78 is 13.4. The average molecular weight is 320 g/mol. The molecule has 1 N–H and O–H groups in total. The molecule has 0 aliphatic rings. The van der Waals surface area contributed by atoms with Gasteiger partial charge in [-0.15, -0.1) is 0 Å². The molecule has 2 aromatic rings. The first-order valence-electron chi connectivity index (χ1n) is 7.11. The van der Waals surface area contributed by atoms with Crippen molar-refractivity contribution in [2.45, 2.75) is 13.8 Å². The van der Waals surface area contributed by atoms with Crippen molar-refractivity contribution in [3.05, 3.63) is 58.9 Å². The fourth-order valence-corrected chi connectivity index (χ4v) is 2.39. The minimum Gasteiger partial charge on any atom is -0.388 e. The molecule has 3 nitrogen and oxygen atoms in total. The Balaban J connectivity index is 2.39. The van der Waals surface area contributed by atoms with Crippen LogP contribution in [0, 0.1) is 5.82 Å². The van der Waals surface area contributed by atoms with Gasteiger partial charge in [-0.25, -0.2) is 4.39 Å². The first kappa shape index (κ1) is 16.3. The molecule has 116 valence electrons. The van der Waals surface area contributed by atoms with Crippen molar-refractivity contribution in [2.24, 2.45) is 5.10 Å². The smallest absolute Gasteiger partial charge is 0.125 e. The molecule has 0 heterocycles. The van der Waals surface area contributed by atoms with Crippen LogP contribution in [0.1, 0.15) is 19.4 Å². The maximum atomic E-state index is 13.4. The fraction of sp³-hybridized carbons (Fsp3) is 0.235. The van der Waals surface area contributed by atoms with Crippen LogP contribution >= 0.6 is 11.6 Å². The number of hydrogen-bond acceptors (Lipinski definition) is 3. The summed E-state index contributed by atoms with van der Waals surface area (Å²) in [6, 6.07) is 12.0. The van der Waals surface area contributed by atoms with Gasteiger partial charge in [0.15, 0.2) is 0 Å². The zero-order chi connectivity index (χ0) is 16.1. The summed E-state index contributed by atoms with van der Waals surface area (Å²) in [7, 11) is 1.85. The number of rotatable bonds is 5. The summed E-state index contributed by atoms with van der Waals surface area (Å²) in [6.07, 6.45) is 0. The summed E-state index contributed by atoms with van der Waals surface area (Å²) in [5.74, 6) is -0.275. The van der Waals surface area contributed by atoms with Gasteiger partial charge in [-0.1, -0.05) is 17.7 Å². The van der Waals surface area contributed by atoms with Crippen LogP contribution in [-0.2, 0) is 0 Å². The lowest BCUT2D eigenvalue weighted by Crippen LogP contribution is -2.18. The molecular formula is C17H19ClFN3. The van der Waals surface area contributed by atoms with Crippen LogP contribution in [0.15, 0.2) is 47.6 Å². The van der Waals surface area contributed by atoms with E-state index in [4.69, 9.17) is 11.6 Å². The molecule has 0 aromatic heterocycles. The van der Waals surface area contributed by atoms with Gasteiger partial charge >= 0.3 is 0 Å². The molecule has 0 atom stereocenters. The first-order chi connectivity index (χ1) is 10.5. The number of anilines is 2. The summed E-state index contributed by atoms with van der Waals surface area (Å²) >= 11 is 6.08. The molecule has 2 rings (SSSR count). The number of benzene rings is 2. The molecule has 0 radical (unpaired) electrons. The Morgan fingerprint density at radius 2 is 2.05 bits per heavy atom. The molecule has 0 fully saturated rings. The molecule has 22 heavy (non-hydrogen) atoms. The summed E-state index contributed by atoms with van der Waals surface area (Å²) in [6.45, 7) is 4.52. The fourth-order valence-electron chi connectivity index (χ4n) is 2.22. The lowest BCUT2D eigenvalue weighted by atomic mass is 10.1. The lowest BCUT2D eigenvalue weighted by molar-refractivity contribution is 0.627. The minimum absolute atomic E-state index is 0.275. The Morgan fingerprint density at radius 1 is 1.27 bits per heavy atom. The highest BCUT2D eigenvalue weighted by Crippen LogP contribution is 2.22. The Bertz CT molecular complexity index is 685. The quantitative estimate of drug-likeness (QED) is 0.635. The highest BCUT2D eigenvalue weighted by atomic mass is 35.5. The highest BCUT2D eigenvalue weighted by Gasteiger charge is 2.09. The number of nitrogens with one attached hydrogen (secondary N) is 1. The van der Waals surface area contributed by atoms with Crippen molar-refractivity contribution >= 4 is 28.7 Å². The normalized spacial score (nSPS) is 11.4. The molecule has 0 aliphatic carbocycles. The van der Waals surface area contributed by atoms with E-state index in [9.17, 15) is 4.39 Å². The van der Waals surface area contributed by atoms with Gasteiger partial charge in [-0.05, 0) is 50.2 Å². The molecule has 2 aromatic carbocycles. The van der Waals surface area contributed by atoms with Crippen LogP contribution in [-0.4, -0.2) is 19.3 Å². The molecule has 0 amide bonds. The van der Waals surface area contributed by atoms with Crippen molar-refractivity contribution in [2.75, 3.05) is 23.9 Å². The summed E-state index contributed by atoms with van der Waals surface area (Å²) in [5.41, 5.74) is 3.39. The second-order valence-electron chi connectivity index (χ2n) is 4.82. The topological polar surface area (TPSA) is 27.6 Å². The third-order valence-corrected chi connectivity index (χ3v) is 3.55. The van der Waals surface area contributed by atoms with Gasteiger partial charge in [0.1, 0.15) is 5.82 Å². The molecule has 5 heteroatoms. The van der Waals surface area contributed by atoms with Crippen LogP contribution in [0.3, 0.4) is 0 Å². The molecule has 0 unspecified atom stereocenters. The Morgan fingerprint density at radius 3 is 2.68 bits per heavy atom. The zero-order valence-electron chi connectivity index (χ0n) is 12.9. The van der Waals surface area contributed by atoms with E-state index < -0.39 is 0 Å². The monoisotopic (exact) mass is 319 g/mol. The van der Waals surface area contributed by atoms with Gasteiger partial charge in [-0.2, -0.15) is 5.10 Å². The predicted octanol–water partition coefficient (Wildman–Crippen LogP) is 4.77. The van der Waals surface area contributed by atoms with Gasteiger partial charge in [-0.3, -0.25) is 5.01 Å². The van der Waals surface area contributed by atoms with E-state index >= 15 is 0 Å². The molecular weight excluding hydrogens is 301 g/mol. The second-order valence-corrected chi connectivity index (χ2v) is 5.26. The molecule has 0 saturated heterocycles. The van der Waals surface area contributed by atoms with Crippen LogP contribution in [0.25, 0.3) is 0 Å². The SMILES string of the molecule is CCN(/N=C(\C)c1cc(Cl)ccc1NC)c1cccc(F)c1. The summed E-state index contributed by atoms with van der Waals surface area (Å²) in [4.78, 5) is 0. The number of halogens is 2. The van der Waals surface area contributed by atoms with Crippen molar-refractivity contribution in [1.82, 2.24) is 0 Å². The van der Waals surface area contributed by atoms with E-state index in [1.165, 1.54) is 12.1 Å². The Labute approximate surface area is 135 Å². The van der Waals surface area contributed by atoms with Crippen LogP contribution in [0.5, 0.6) is 0 Å². The van der Waals surface area contributed by atoms with Crippen LogP contribution < -0.4 is 10.3 Å². The highest BCUT2D eigenvalue weighted by molar-refractivity contribution is 6.31. The van der Waals surface area contributed by atoms with Gasteiger partial charge in [0.25, 0.3) is 0 Å². The minimum atomic E-state index is -0.275.